The zero-order valence-electron chi connectivity index (χ0n) is 21.6. The molecule has 0 aliphatic carbocycles. The van der Waals surface area contributed by atoms with Gasteiger partial charge in [-0.25, -0.2) is 13.2 Å². The number of aryl methyl sites for hydroxylation is 1. The van der Waals surface area contributed by atoms with E-state index in [1.165, 1.54) is 11.8 Å². The molecule has 2 fully saturated rings. The van der Waals surface area contributed by atoms with Crippen LogP contribution in [-0.2, 0) is 19.4 Å². The number of anilines is 1. The van der Waals surface area contributed by atoms with Gasteiger partial charge in [-0.15, -0.1) is 0 Å². The van der Waals surface area contributed by atoms with Crippen molar-refractivity contribution in [1.82, 2.24) is 5.32 Å². The Morgan fingerprint density at radius 1 is 1.18 bits per heavy atom. The van der Waals surface area contributed by atoms with Crippen LogP contribution in [0.15, 0.2) is 47.5 Å². The fourth-order valence-corrected chi connectivity index (χ4v) is 8.26. The highest BCUT2D eigenvalue weighted by Gasteiger charge is 2.50. The molecule has 0 spiro atoms. The van der Waals surface area contributed by atoms with Crippen molar-refractivity contribution in [2.45, 2.75) is 51.0 Å². The normalized spacial score (nSPS) is 21.3. The summed E-state index contributed by atoms with van der Waals surface area (Å²) < 4.78 is 36.3. The standard InChI is InChI=1S/C26H30ClN3O6S2/c1-16-6-5-7-18(12-16)35-21-9-8-17(27)13-19(21)30-20-14-38(33,34)15-22(20)37-24(30)29-23(31)10-11-28-25(32)36-26(2,3)4/h5-9,12-13,20,22H,10-11,14-15H2,1-4H3,(H,28,32). The molecule has 204 valence electrons. The van der Waals surface area contributed by atoms with Gasteiger partial charge in [0, 0.05) is 23.2 Å². The van der Waals surface area contributed by atoms with Crippen molar-refractivity contribution in [1.29, 1.82) is 0 Å². The van der Waals surface area contributed by atoms with E-state index in [9.17, 15) is 18.0 Å². The third-order valence-electron chi connectivity index (χ3n) is 5.69. The first-order valence-corrected chi connectivity index (χ1v) is 15.2. The van der Waals surface area contributed by atoms with E-state index < -0.39 is 33.5 Å². The number of ether oxygens (including phenoxy) is 2. The minimum Gasteiger partial charge on any atom is -0.455 e. The number of aliphatic imine (C=N–C) groups is 1. The van der Waals surface area contributed by atoms with Gasteiger partial charge in [-0.2, -0.15) is 4.99 Å². The van der Waals surface area contributed by atoms with Crippen LogP contribution in [0.4, 0.5) is 10.5 Å². The number of nitrogens with one attached hydrogen (secondary N) is 1. The third-order valence-corrected chi connectivity index (χ3v) is 9.14. The van der Waals surface area contributed by atoms with Crippen molar-refractivity contribution in [3.63, 3.8) is 0 Å². The van der Waals surface area contributed by atoms with Gasteiger partial charge in [-0.05, 0) is 63.6 Å². The second kappa shape index (κ2) is 11.2. The molecule has 2 amide bonds. The van der Waals surface area contributed by atoms with Crippen LogP contribution in [0.5, 0.6) is 11.5 Å². The number of carbonyl (C=O) groups is 2. The molecule has 2 heterocycles. The molecular weight excluding hydrogens is 550 g/mol. The molecule has 1 N–H and O–H groups in total. The van der Waals surface area contributed by atoms with Crippen LogP contribution in [0.3, 0.4) is 0 Å². The average Bonchev–Trinajstić information content (AvgIpc) is 3.24. The van der Waals surface area contributed by atoms with E-state index in [4.69, 9.17) is 21.1 Å². The Hall–Kier alpha value is -2.76. The number of hydrogen-bond acceptors (Lipinski definition) is 7. The number of thioether (sulfide) groups is 1. The lowest BCUT2D eigenvalue weighted by molar-refractivity contribution is -0.117. The summed E-state index contributed by atoms with van der Waals surface area (Å²) >= 11 is 7.60. The van der Waals surface area contributed by atoms with E-state index in [2.05, 4.69) is 10.3 Å². The van der Waals surface area contributed by atoms with E-state index in [1.54, 1.807) is 43.9 Å². The molecule has 2 unspecified atom stereocenters. The van der Waals surface area contributed by atoms with Gasteiger partial charge in [-0.3, -0.25) is 4.79 Å². The number of halogens is 1. The maximum atomic E-state index is 12.8. The number of benzene rings is 2. The molecule has 2 aliphatic rings. The molecule has 0 radical (unpaired) electrons. The van der Waals surface area contributed by atoms with Gasteiger partial charge in [0.1, 0.15) is 11.4 Å². The Morgan fingerprint density at radius 3 is 2.66 bits per heavy atom. The molecule has 38 heavy (non-hydrogen) atoms. The van der Waals surface area contributed by atoms with Gasteiger partial charge in [0.15, 0.2) is 20.8 Å². The van der Waals surface area contributed by atoms with Gasteiger partial charge < -0.3 is 19.7 Å². The first-order valence-electron chi connectivity index (χ1n) is 12.1. The second-order valence-electron chi connectivity index (χ2n) is 10.2. The molecular formula is C26H30ClN3O6S2. The van der Waals surface area contributed by atoms with Crippen molar-refractivity contribution in [2.75, 3.05) is 23.0 Å². The summed E-state index contributed by atoms with van der Waals surface area (Å²) in [6.45, 7) is 7.25. The van der Waals surface area contributed by atoms with Crippen LogP contribution in [-0.4, -0.2) is 60.5 Å². The molecule has 0 aromatic heterocycles. The van der Waals surface area contributed by atoms with Crippen molar-refractivity contribution in [3.05, 3.63) is 53.1 Å². The molecule has 4 rings (SSSR count). The Bertz CT molecular complexity index is 1370. The number of amides is 2. The van der Waals surface area contributed by atoms with Gasteiger partial charge >= 0.3 is 6.09 Å². The van der Waals surface area contributed by atoms with Crippen LogP contribution in [0.2, 0.25) is 5.02 Å². The highest BCUT2D eigenvalue weighted by Crippen LogP contribution is 2.45. The van der Waals surface area contributed by atoms with Gasteiger partial charge in [-0.1, -0.05) is 35.5 Å². The lowest BCUT2D eigenvalue weighted by Crippen LogP contribution is -2.38. The smallest absolute Gasteiger partial charge is 0.407 e. The zero-order chi connectivity index (χ0) is 27.7. The lowest BCUT2D eigenvalue weighted by Gasteiger charge is -2.27. The Kier molecular flexibility index (Phi) is 8.29. The van der Waals surface area contributed by atoms with Crippen LogP contribution in [0, 0.1) is 6.92 Å². The van der Waals surface area contributed by atoms with Gasteiger partial charge in [0.2, 0.25) is 5.91 Å². The zero-order valence-corrected chi connectivity index (χ0v) is 24.0. The summed E-state index contributed by atoms with van der Waals surface area (Å²) in [5.41, 5.74) is 0.891. The van der Waals surface area contributed by atoms with Crippen LogP contribution in [0.25, 0.3) is 0 Å². The van der Waals surface area contributed by atoms with Crippen molar-refractivity contribution < 1.29 is 27.5 Å². The van der Waals surface area contributed by atoms with Crippen molar-refractivity contribution >= 4 is 56.1 Å². The largest absolute Gasteiger partial charge is 0.455 e. The first kappa shape index (κ1) is 28.3. The van der Waals surface area contributed by atoms with Gasteiger partial charge in [0.05, 0.1) is 23.2 Å². The molecule has 2 saturated heterocycles. The van der Waals surface area contributed by atoms with Crippen LogP contribution in [0.1, 0.15) is 32.8 Å². The van der Waals surface area contributed by atoms with Crippen molar-refractivity contribution in [2.24, 2.45) is 4.99 Å². The topological polar surface area (TPSA) is 114 Å². The summed E-state index contributed by atoms with van der Waals surface area (Å²) in [6.07, 6.45) is -0.668. The van der Waals surface area contributed by atoms with Crippen molar-refractivity contribution in [3.8, 4) is 11.5 Å². The van der Waals surface area contributed by atoms with E-state index in [-0.39, 0.29) is 29.7 Å². The fraction of sp³-hybridized carbons (Fsp3) is 0.423. The Labute approximate surface area is 231 Å². The number of rotatable bonds is 6. The maximum Gasteiger partial charge on any atom is 0.407 e. The summed E-state index contributed by atoms with van der Waals surface area (Å²) in [6, 6.07) is 12.2. The first-order chi connectivity index (χ1) is 17.8. The molecule has 2 atom stereocenters. The van der Waals surface area contributed by atoms with Gasteiger partial charge in [0.25, 0.3) is 0 Å². The summed E-state index contributed by atoms with van der Waals surface area (Å²) in [7, 11) is -3.26. The number of hydrogen-bond donors (Lipinski definition) is 1. The predicted octanol–water partition coefficient (Wildman–Crippen LogP) is 4.96. The number of nitrogens with zero attached hydrogens (tertiary/aromatic N) is 2. The van der Waals surface area contributed by atoms with E-state index in [0.717, 1.165) is 5.56 Å². The van der Waals surface area contributed by atoms with E-state index in [1.807, 2.05) is 31.2 Å². The minimum absolute atomic E-state index is 0.0130. The molecule has 9 nitrogen and oxygen atoms in total. The Balaban J connectivity index is 1.60. The lowest BCUT2D eigenvalue weighted by atomic mass is 10.2. The summed E-state index contributed by atoms with van der Waals surface area (Å²) in [4.78, 5) is 30.7. The summed E-state index contributed by atoms with van der Waals surface area (Å²) in [5, 5.41) is 3.05. The SMILES string of the molecule is Cc1cccc(Oc2ccc(Cl)cc2N2C(=NC(=O)CCNC(=O)OC(C)(C)C)SC3CS(=O)(=O)CC32)c1. The minimum atomic E-state index is -3.26. The number of fused-ring (bicyclic) bond motifs is 1. The van der Waals surface area contributed by atoms with Crippen LogP contribution < -0.4 is 15.0 Å². The maximum absolute atomic E-state index is 12.8. The molecule has 0 bridgehead atoms. The highest BCUT2D eigenvalue weighted by molar-refractivity contribution is 8.16. The van der Waals surface area contributed by atoms with E-state index in [0.29, 0.717) is 27.4 Å². The molecule has 12 heteroatoms. The highest BCUT2D eigenvalue weighted by atomic mass is 35.5. The second-order valence-corrected chi connectivity index (χ2v) is 14.0. The van der Waals surface area contributed by atoms with Crippen LogP contribution >= 0.6 is 23.4 Å². The average molecular weight is 580 g/mol. The number of sulfone groups is 1. The predicted molar refractivity (Wildman–Crippen MR) is 150 cm³/mol. The molecule has 2 aromatic rings. The molecule has 0 saturated carbocycles. The fourth-order valence-electron chi connectivity index (χ4n) is 4.17. The molecule has 2 aliphatic heterocycles. The number of alkyl carbamates (subject to hydrolysis) is 1. The third kappa shape index (κ3) is 7.21. The Morgan fingerprint density at radius 2 is 1.95 bits per heavy atom. The molecule has 2 aromatic carbocycles. The summed E-state index contributed by atoms with van der Waals surface area (Å²) in [5.74, 6) is 0.519. The quantitative estimate of drug-likeness (QED) is 0.511. The number of carbonyl (C=O) groups excluding carboxylic acids is 2. The number of amidine groups is 1. The monoisotopic (exact) mass is 579 g/mol. The van der Waals surface area contributed by atoms with E-state index >= 15 is 0 Å².